The number of hydrogen-bond acceptors (Lipinski definition) is 4. The number of nitrogens with zero attached hydrogens (tertiary/aromatic N) is 2. The Hall–Kier alpha value is -1.10. The van der Waals surface area contributed by atoms with Crippen LogP contribution in [0.25, 0.3) is 0 Å². The van der Waals surface area contributed by atoms with Crippen molar-refractivity contribution in [1.29, 1.82) is 0 Å². The molecule has 0 bridgehead atoms. The maximum absolute atomic E-state index is 6.10. The average Bonchev–Trinajstić information content (AvgIpc) is 3.25. The first-order valence-corrected chi connectivity index (χ1v) is 7.88. The molecule has 1 fully saturated rings. The predicted molar refractivity (Wildman–Crippen MR) is 82.2 cm³/mol. The summed E-state index contributed by atoms with van der Waals surface area (Å²) in [4.78, 5) is 9.84. The van der Waals surface area contributed by atoms with Gasteiger partial charge in [0, 0.05) is 34.9 Å². The lowest BCUT2D eigenvalue weighted by molar-refractivity contribution is 0.680. The van der Waals surface area contributed by atoms with E-state index >= 15 is 0 Å². The van der Waals surface area contributed by atoms with E-state index in [2.05, 4.69) is 15.3 Å². The van der Waals surface area contributed by atoms with E-state index in [0.29, 0.717) is 6.04 Å². The molecule has 1 aliphatic carbocycles. The van der Waals surface area contributed by atoms with Gasteiger partial charge in [-0.25, -0.2) is 9.97 Å². The van der Waals surface area contributed by atoms with Crippen LogP contribution < -0.4 is 5.32 Å². The molecular weight excluding hydrogens is 290 g/mol. The fourth-order valence-corrected chi connectivity index (χ4v) is 2.86. The molecule has 1 N–H and O–H groups in total. The van der Waals surface area contributed by atoms with Crippen molar-refractivity contribution in [2.24, 2.45) is 0 Å². The van der Waals surface area contributed by atoms with Gasteiger partial charge < -0.3 is 5.32 Å². The standard InChI is InChI=1S/C15H16ClN3S/c1-10-7-18-15(19-8-10)20-14-5-2-12(16)6-11(14)9-17-13-3-4-13/h2,5-8,13,17H,3-4,9H2,1H3. The summed E-state index contributed by atoms with van der Waals surface area (Å²) in [6, 6.07) is 6.66. The second kappa shape index (κ2) is 6.12. The first kappa shape index (κ1) is 13.9. The summed E-state index contributed by atoms with van der Waals surface area (Å²) < 4.78 is 0. The molecule has 1 aliphatic rings. The van der Waals surface area contributed by atoms with Crippen LogP contribution in [0.1, 0.15) is 24.0 Å². The van der Waals surface area contributed by atoms with Gasteiger partial charge in [0.2, 0.25) is 0 Å². The number of aryl methyl sites for hydroxylation is 1. The van der Waals surface area contributed by atoms with Gasteiger partial charge in [-0.3, -0.25) is 0 Å². The topological polar surface area (TPSA) is 37.8 Å². The largest absolute Gasteiger partial charge is 0.310 e. The van der Waals surface area contributed by atoms with Crippen LogP contribution in [0.15, 0.2) is 40.6 Å². The van der Waals surface area contributed by atoms with E-state index in [1.165, 1.54) is 18.4 Å². The minimum atomic E-state index is 0.683. The Morgan fingerprint density at radius 1 is 1.30 bits per heavy atom. The van der Waals surface area contributed by atoms with Crippen molar-refractivity contribution in [1.82, 2.24) is 15.3 Å². The highest BCUT2D eigenvalue weighted by Gasteiger charge is 2.20. The molecule has 20 heavy (non-hydrogen) atoms. The minimum absolute atomic E-state index is 0.683. The minimum Gasteiger partial charge on any atom is -0.310 e. The molecule has 104 valence electrons. The molecular formula is C15H16ClN3S. The fourth-order valence-electron chi connectivity index (χ4n) is 1.86. The van der Waals surface area contributed by atoms with Crippen LogP contribution >= 0.6 is 23.4 Å². The molecule has 1 aromatic carbocycles. The van der Waals surface area contributed by atoms with Crippen molar-refractivity contribution in [2.75, 3.05) is 0 Å². The van der Waals surface area contributed by atoms with Crippen LogP contribution in [0.2, 0.25) is 5.02 Å². The number of nitrogens with one attached hydrogen (secondary N) is 1. The molecule has 5 heteroatoms. The Bertz CT molecular complexity index is 597. The van der Waals surface area contributed by atoms with Crippen LogP contribution in [0, 0.1) is 6.92 Å². The molecule has 0 atom stereocenters. The monoisotopic (exact) mass is 305 g/mol. The summed E-state index contributed by atoms with van der Waals surface area (Å²) >= 11 is 7.69. The van der Waals surface area contributed by atoms with Crippen LogP contribution in [0.5, 0.6) is 0 Å². The molecule has 1 saturated carbocycles. The second-order valence-corrected chi connectivity index (χ2v) is 6.50. The third-order valence-corrected chi connectivity index (χ3v) is 4.39. The SMILES string of the molecule is Cc1cnc(Sc2ccc(Cl)cc2CNC2CC2)nc1. The van der Waals surface area contributed by atoms with Gasteiger partial charge >= 0.3 is 0 Å². The van der Waals surface area contributed by atoms with Crippen molar-refractivity contribution >= 4 is 23.4 Å². The lowest BCUT2D eigenvalue weighted by Crippen LogP contribution is -2.15. The summed E-state index contributed by atoms with van der Waals surface area (Å²) in [6.07, 6.45) is 6.25. The highest BCUT2D eigenvalue weighted by atomic mass is 35.5. The quantitative estimate of drug-likeness (QED) is 0.852. The third kappa shape index (κ3) is 3.72. The van der Waals surface area contributed by atoms with Crippen molar-refractivity contribution < 1.29 is 0 Å². The first-order valence-electron chi connectivity index (χ1n) is 6.69. The van der Waals surface area contributed by atoms with Gasteiger partial charge in [-0.15, -0.1) is 0 Å². The third-order valence-electron chi connectivity index (χ3n) is 3.14. The van der Waals surface area contributed by atoms with Gasteiger partial charge in [0.25, 0.3) is 0 Å². The number of rotatable bonds is 5. The van der Waals surface area contributed by atoms with Crippen molar-refractivity contribution in [2.45, 2.75) is 42.4 Å². The molecule has 3 nitrogen and oxygen atoms in total. The average molecular weight is 306 g/mol. The highest BCUT2D eigenvalue weighted by Crippen LogP contribution is 2.30. The second-order valence-electron chi connectivity index (χ2n) is 5.05. The summed E-state index contributed by atoms with van der Waals surface area (Å²) in [5.41, 5.74) is 2.28. The van der Waals surface area contributed by atoms with E-state index in [4.69, 9.17) is 11.6 Å². The zero-order chi connectivity index (χ0) is 13.9. The van der Waals surface area contributed by atoms with Gasteiger partial charge in [0.1, 0.15) is 0 Å². The Morgan fingerprint density at radius 2 is 2.05 bits per heavy atom. The van der Waals surface area contributed by atoms with Gasteiger partial charge in [-0.2, -0.15) is 0 Å². The molecule has 0 aliphatic heterocycles. The van der Waals surface area contributed by atoms with Crippen LogP contribution in [0.3, 0.4) is 0 Å². The summed E-state index contributed by atoms with van der Waals surface area (Å²) in [6.45, 7) is 2.83. The van der Waals surface area contributed by atoms with Crippen molar-refractivity contribution in [3.63, 3.8) is 0 Å². The highest BCUT2D eigenvalue weighted by molar-refractivity contribution is 7.99. The van der Waals surface area contributed by atoms with E-state index in [1.807, 2.05) is 37.5 Å². The normalized spacial score (nSPS) is 14.5. The molecule has 0 radical (unpaired) electrons. The van der Waals surface area contributed by atoms with E-state index in [1.54, 1.807) is 11.8 Å². The maximum Gasteiger partial charge on any atom is 0.192 e. The van der Waals surface area contributed by atoms with E-state index < -0.39 is 0 Å². The van der Waals surface area contributed by atoms with Gasteiger partial charge in [0.05, 0.1) is 0 Å². The lowest BCUT2D eigenvalue weighted by Gasteiger charge is -2.10. The lowest BCUT2D eigenvalue weighted by atomic mass is 10.2. The molecule has 2 aromatic rings. The molecule has 0 spiro atoms. The molecule has 3 rings (SSSR count). The molecule has 0 unspecified atom stereocenters. The maximum atomic E-state index is 6.10. The molecule has 1 aromatic heterocycles. The van der Waals surface area contributed by atoms with Gasteiger partial charge in [-0.1, -0.05) is 11.6 Å². The zero-order valence-electron chi connectivity index (χ0n) is 11.3. The van der Waals surface area contributed by atoms with Crippen LogP contribution in [-0.4, -0.2) is 16.0 Å². The van der Waals surface area contributed by atoms with Crippen molar-refractivity contribution in [3.8, 4) is 0 Å². The van der Waals surface area contributed by atoms with E-state index in [9.17, 15) is 0 Å². The van der Waals surface area contributed by atoms with E-state index in [0.717, 1.165) is 27.2 Å². The number of hydrogen-bond donors (Lipinski definition) is 1. The predicted octanol–water partition coefficient (Wildman–Crippen LogP) is 3.84. The Balaban J connectivity index is 1.77. The number of benzene rings is 1. The first-order chi connectivity index (χ1) is 9.70. The van der Waals surface area contributed by atoms with Crippen LogP contribution in [-0.2, 0) is 6.54 Å². The number of halogens is 1. The fraction of sp³-hybridized carbons (Fsp3) is 0.333. The Kier molecular flexibility index (Phi) is 4.24. The van der Waals surface area contributed by atoms with Crippen LogP contribution in [0.4, 0.5) is 0 Å². The molecule has 1 heterocycles. The summed E-state index contributed by atoms with van der Waals surface area (Å²) in [5, 5.41) is 5.06. The summed E-state index contributed by atoms with van der Waals surface area (Å²) in [7, 11) is 0. The van der Waals surface area contributed by atoms with Gasteiger partial charge in [-0.05, 0) is 60.9 Å². The molecule has 0 saturated heterocycles. The number of aromatic nitrogens is 2. The zero-order valence-corrected chi connectivity index (χ0v) is 12.8. The smallest absolute Gasteiger partial charge is 0.192 e. The van der Waals surface area contributed by atoms with Gasteiger partial charge in [0.15, 0.2) is 5.16 Å². The van der Waals surface area contributed by atoms with Crippen molar-refractivity contribution in [3.05, 3.63) is 46.7 Å². The summed E-state index contributed by atoms with van der Waals surface area (Å²) in [5.74, 6) is 0. The van der Waals surface area contributed by atoms with E-state index in [-0.39, 0.29) is 0 Å². The molecule has 0 amide bonds. The Labute approximate surface area is 128 Å². The Morgan fingerprint density at radius 3 is 2.75 bits per heavy atom.